The number of benzene rings is 1. The fourth-order valence-corrected chi connectivity index (χ4v) is 5.11. The second kappa shape index (κ2) is 10.3. The third-order valence-corrected chi connectivity index (χ3v) is 6.79. The third kappa shape index (κ3) is 5.99. The second-order valence-corrected chi connectivity index (χ2v) is 10.1. The molecule has 0 N–H and O–H groups in total. The first-order valence-electron chi connectivity index (χ1n) is 11.2. The number of aromatic nitrogens is 2. The van der Waals surface area contributed by atoms with Crippen molar-refractivity contribution in [2.45, 2.75) is 32.9 Å². The van der Waals surface area contributed by atoms with Gasteiger partial charge in [0.25, 0.3) is 5.91 Å². The molecule has 1 atom stereocenters. The largest absolute Gasteiger partial charge is 0.493 e. The number of hydrogen-bond acceptors (Lipinski definition) is 5. The molecule has 0 unspecified atom stereocenters. The lowest BCUT2D eigenvalue weighted by molar-refractivity contribution is 0.0638. The van der Waals surface area contributed by atoms with Crippen LogP contribution < -0.4 is 4.74 Å². The van der Waals surface area contributed by atoms with E-state index < -0.39 is 0 Å². The molecule has 7 heteroatoms. The monoisotopic (exact) mass is 452 g/mol. The Balaban J connectivity index is 1.28. The van der Waals surface area contributed by atoms with Crippen LogP contribution in [0.3, 0.4) is 0 Å². The van der Waals surface area contributed by atoms with Gasteiger partial charge in [-0.05, 0) is 56.6 Å². The highest BCUT2D eigenvalue weighted by molar-refractivity contribution is 7.13. The molecule has 32 heavy (non-hydrogen) atoms. The number of thiophene rings is 1. The molecule has 1 amide bonds. The summed E-state index contributed by atoms with van der Waals surface area (Å²) >= 11 is 1.58. The van der Waals surface area contributed by atoms with E-state index in [2.05, 4.69) is 35.2 Å². The van der Waals surface area contributed by atoms with Gasteiger partial charge in [0.1, 0.15) is 5.75 Å². The van der Waals surface area contributed by atoms with E-state index in [0.29, 0.717) is 12.5 Å². The molecule has 1 aliphatic heterocycles. The second-order valence-electron chi connectivity index (χ2n) is 8.82. The minimum atomic E-state index is 0.159. The number of carbonyl (C=O) groups is 1. The summed E-state index contributed by atoms with van der Waals surface area (Å²) in [5.74, 6) is 1.42. The highest BCUT2D eigenvalue weighted by Crippen LogP contribution is 2.24. The van der Waals surface area contributed by atoms with E-state index in [9.17, 15) is 4.79 Å². The molecule has 1 fully saturated rings. The minimum Gasteiger partial charge on any atom is -0.493 e. The molecule has 0 bridgehead atoms. The summed E-state index contributed by atoms with van der Waals surface area (Å²) in [6.07, 6.45) is 6.09. The Morgan fingerprint density at radius 2 is 2.09 bits per heavy atom. The van der Waals surface area contributed by atoms with Crippen LogP contribution in [0.5, 0.6) is 5.75 Å². The minimum absolute atomic E-state index is 0.159. The standard InChI is InChI=1S/C25H32N4O2S/c1-19-9-10-24(32-19)25(30)29-11-5-7-21(17-29)18-31-23-8-4-6-20(12-23)14-27(2)15-22-13-26-28(3)16-22/h4,6,8-10,12-13,16,21H,5,7,11,14-15,17-18H2,1-3H3/t21-/m1/s1. The molecule has 3 heterocycles. The quantitative estimate of drug-likeness (QED) is 0.510. The van der Waals surface area contributed by atoms with E-state index in [4.69, 9.17) is 4.74 Å². The van der Waals surface area contributed by atoms with E-state index in [0.717, 1.165) is 49.6 Å². The molecule has 4 rings (SSSR count). The highest BCUT2D eigenvalue weighted by atomic mass is 32.1. The fourth-order valence-electron chi connectivity index (χ4n) is 4.27. The summed E-state index contributed by atoms with van der Waals surface area (Å²) in [6, 6.07) is 12.3. The summed E-state index contributed by atoms with van der Waals surface area (Å²) in [7, 11) is 4.05. The van der Waals surface area contributed by atoms with Crippen LogP contribution in [-0.2, 0) is 20.1 Å². The number of ether oxygens (including phenoxy) is 1. The number of likely N-dealkylation sites (tertiary alicyclic amines) is 1. The molecule has 1 aromatic carbocycles. The van der Waals surface area contributed by atoms with Crippen molar-refractivity contribution >= 4 is 17.2 Å². The summed E-state index contributed by atoms with van der Waals surface area (Å²) < 4.78 is 7.99. The van der Waals surface area contributed by atoms with Gasteiger partial charge in [-0.25, -0.2) is 0 Å². The maximum Gasteiger partial charge on any atom is 0.263 e. The molecule has 3 aromatic rings. The first-order valence-corrected chi connectivity index (χ1v) is 12.0. The Hall–Kier alpha value is -2.64. The predicted octanol–water partition coefficient (Wildman–Crippen LogP) is 4.35. The summed E-state index contributed by atoms with van der Waals surface area (Å²) in [5.41, 5.74) is 2.43. The van der Waals surface area contributed by atoms with Crippen LogP contribution in [0.4, 0.5) is 0 Å². The van der Waals surface area contributed by atoms with Gasteiger partial charge in [-0.2, -0.15) is 5.10 Å². The zero-order chi connectivity index (χ0) is 22.5. The topological polar surface area (TPSA) is 50.6 Å². The number of aryl methyl sites for hydroxylation is 2. The summed E-state index contributed by atoms with van der Waals surface area (Å²) in [4.78, 5) is 19.1. The van der Waals surface area contributed by atoms with E-state index in [1.807, 2.05) is 54.1 Å². The van der Waals surface area contributed by atoms with Gasteiger partial charge >= 0.3 is 0 Å². The Kier molecular flexibility index (Phi) is 7.27. The zero-order valence-electron chi connectivity index (χ0n) is 19.2. The van der Waals surface area contributed by atoms with Crippen molar-refractivity contribution in [1.82, 2.24) is 19.6 Å². The van der Waals surface area contributed by atoms with Gasteiger partial charge in [-0.15, -0.1) is 11.3 Å². The number of amides is 1. The number of nitrogens with zero attached hydrogens (tertiary/aromatic N) is 4. The Morgan fingerprint density at radius 3 is 2.84 bits per heavy atom. The molecular weight excluding hydrogens is 420 g/mol. The number of rotatable bonds is 8. The van der Waals surface area contributed by atoms with Gasteiger partial charge in [-0.1, -0.05) is 12.1 Å². The predicted molar refractivity (Wildman–Crippen MR) is 128 cm³/mol. The maximum atomic E-state index is 12.8. The molecule has 0 radical (unpaired) electrons. The molecule has 1 saturated heterocycles. The zero-order valence-corrected chi connectivity index (χ0v) is 20.0. The molecule has 0 spiro atoms. The molecule has 0 aliphatic carbocycles. The van der Waals surface area contributed by atoms with Gasteiger partial charge in [0.05, 0.1) is 17.7 Å². The molecular formula is C25H32N4O2S. The van der Waals surface area contributed by atoms with Crippen molar-refractivity contribution in [3.8, 4) is 5.75 Å². The molecule has 170 valence electrons. The van der Waals surface area contributed by atoms with Crippen molar-refractivity contribution in [2.75, 3.05) is 26.7 Å². The SMILES string of the molecule is Cc1ccc(C(=O)N2CCC[C@@H](COc3cccc(CN(C)Cc4cnn(C)c4)c3)C2)s1. The van der Waals surface area contributed by atoms with Crippen LogP contribution in [0.1, 0.15) is 38.5 Å². The summed E-state index contributed by atoms with van der Waals surface area (Å²) in [6.45, 7) is 5.99. The Labute approximate surface area is 194 Å². The molecule has 0 saturated carbocycles. The van der Waals surface area contributed by atoms with Gasteiger partial charge in [-0.3, -0.25) is 14.4 Å². The first-order chi connectivity index (χ1) is 15.5. The lowest BCUT2D eigenvalue weighted by Crippen LogP contribution is -2.41. The highest BCUT2D eigenvalue weighted by Gasteiger charge is 2.25. The van der Waals surface area contributed by atoms with E-state index >= 15 is 0 Å². The molecule has 2 aromatic heterocycles. The van der Waals surface area contributed by atoms with Crippen LogP contribution >= 0.6 is 11.3 Å². The van der Waals surface area contributed by atoms with Crippen molar-refractivity contribution in [3.63, 3.8) is 0 Å². The number of piperidine rings is 1. The van der Waals surface area contributed by atoms with Gasteiger partial charge < -0.3 is 9.64 Å². The van der Waals surface area contributed by atoms with Gasteiger partial charge in [0.15, 0.2) is 0 Å². The lowest BCUT2D eigenvalue weighted by Gasteiger charge is -2.32. The van der Waals surface area contributed by atoms with Crippen LogP contribution in [0, 0.1) is 12.8 Å². The normalized spacial score (nSPS) is 16.5. The van der Waals surface area contributed by atoms with Crippen LogP contribution in [0.2, 0.25) is 0 Å². The van der Waals surface area contributed by atoms with Crippen molar-refractivity contribution in [3.05, 3.63) is 69.7 Å². The van der Waals surface area contributed by atoms with Crippen LogP contribution in [-0.4, -0.2) is 52.2 Å². The van der Waals surface area contributed by atoms with Gasteiger partial charge in [0, 0.05) is 55.8 Å². The Morgan fingerprint density at radius 1 is 1.25 bits per heavy atom. The smallest absolute Gasteiger partial charge is 0.263 e. The van der Waals surface area contributed by atoms with Crippen LogP contribution in [0.15, 0.2) is 48.8 Å². The van der Waals surface area contributed by atoms with E-state index in [1.54, 1.807) is 11.3 Å². The van der Waals surface area contributed by atoms with Crippen molar-refractivity contribution in [1.29, 1.82) is 0 Å². The van der Waals surface area contributed by atoms with Crippen molar-refractivity contribution in [2.24, 2.45) is 13.0 Å². The summed E-state index contributed by atoms with van der Waals surface area (Å²) in [5, 5.41) is 4.24. The van der Waals surface area contributed by atoms with Crippen LogP contribution in [0.25, 0.3) is 0 Å². The molecule has 1 aliphatic rings. The van der Waals surface area contributed by atoms with Crippen molar-refractivity contribution < 1.29 is 9.53 Å². The van der Waals surface area contributed by atoms with E-state index in [-0.39, 0.29) is 5.91 Å². The Bertz CT molecular complexity index is 1040. The number of carbonyl (C=O) groups excluding carboxylic acids is 1. The molecule has 6 nitrogen and oxygen atoms in total. The fraction of sp³-hybridized carbons (Fsp3) is 0.440. The average molecular weight is 453 g/mol. The van der Waals surface area contributed by atoms with E-state index in [1.165, 1.54) is 16.0 Å². The number of hydrogen-bond donors (Lipinski definition) is 0. The third-order valence-electron chi connectivity index (χ3n) is 5.80. The average Bonchev–Trinajstić information content (AvgIpc) is 3.40. The first kappa shape index (κ1) is 22.6. The van der Waals surface area contributed by atoms with Gasteiger partial charge in [0.2, 0.25) is 0 Å². The maximum absolute atomic E-state index is 12.8. The lowest BCUT2D eigenvalue weighted by atomic mass is 9.99.